The first-order valence-corrected chi connectivity index (χ1v) is 12.8. The van der Waals surface area contributed by atoms with Crippen molar-refractivity contribution < 1.29 is 8.42 Å². The molecule has 1 fully saturated rings. The molecule has 0 N–H and O–H groups in total. The minimum atomic E-state index is -3.55. The van der Waals surface area contributed by atoms with Crippen LogP contribution >= 0.6 is 0 Å². The van der Waals surface area contributed by atoms with E-state index in [0.717, 1.165) is 29.1 Å². The number of sulfonamides is 1. The van der Waals surface area contributed by atoms with E-state index >= 15 is 0 Å². The molecular weight excluding hydrogens is 432 g/mol. The molecule has 172 valence electrons. The lowest BCUT2D eigenvalue weighted by Gasteiger charge is -2.43. The maximum atomic E-state index is 13.5. The molecule has 0 bridgehead atoms. The van der Waals surface area contributed by atoms with Gasteiger partial charge in [-0.3, -0.25) is 0 Å². The molecule has 1 unspecified atom stereocenters. The van der Waals surface area contributed by atoms with Crippen molar-refractivity contribution in [3.05, 3.63) is 77.3 Å². The molecule has 1 atom stereocenters. The highest BCUT2D eigenvalue weighted by molar-refractivity contribution is 7.89. The Morgan fingerprint density at radius 1 is 1.06 bits per heavy atom. The fourth-order valence-electron chi connectivity index (χ4n) is 4.94. The second kappa shape index (κ2) is 7.64. The van der Waals surface area contributed by atoms with Crippen molar-refractivity contribution in [1.82, 2.24) is 19.1 Å². The van der Waals surface area contributed by atoms with Gasteiger partial charge in [0.05, 0.1) is 16.8 Å². The van der Waals surface area contributed by atoms with Crippen LogP contribution in [0.4, 0.5) is 0 Å². The van der Waals surface area contributed by atoms with Crippen molar-refractivity contribution in [1.29, 1.82) is 0 Å². The Hall–Kier alpha value is -2.77. The van der Waals surface area contributed by atoms with Gasteiger partial charge in [0.2, 0.25) is 10.0 Å². The lowest BCUT2D eigenvalue weighted by atomic mass is 9.70. The van der Waals surface area contributed by atoms with Crippen LogP contribution in [0.2, 0.25) is 0 Å². The number of rotatable bonds is 3. The van der Waals surface area contributed by atoms with E-state index in [4.69, 9.17) is 0 Å². The van der Waals surface area contributed by atoms with Gasteiger partial charge in [-0.15, -0.1) is 0 Å². The minimum absolute atomic E-state index is 0.0138. The van der Waals surface area contributed by atoms with Crippen molar-refractivity contribution in [3.8, 4) is 5.82 Å². The number of piperidine rings is 1. The Bertz CT molecular complexity index is 1320. The van der Waals surface area contributed by atoms with Crippen LogP contribution in [0.15, 0.2) is 65.3 Å². The summed E-state index contributed by atoms with van der Waals surface area (Å²) in [5.41, 5.74) is 4.32. The summed E-state index contributed by atoms with van der Waals surface area (Å²) >= 11 is 0. The second-order valence-corrected chi connectivity index (χ2v) is 12.4. The Morgan fingerprint density at radius 3 is 2.48 bits per heavy atom. The van der Waals surface area contributed by atoms with E-state index in [1.807, 2.05) is 41.2 Å². The molecule has 1 aliphatic carbocycles. The van der Waals surface area contributed by atoms with Crippen LogP contribution in [0, 0.1) is 5.41 Å². The fraction of sp³-hybridized carbons (Fsp3) is 0.385. The zero-order chi connectivity index (χ0) is 23.4. The lowest BCUT2D eigenvalue weighted by molar-refractivity contribution is 0.231. The van der Waals surface area contributed by atoms with Gasteiger partial charge in [-0.2, -0.15) is 9.40 Å². The van der Waals surface area contributed by atoms with E-state index in [0.29, 0.717) is 24.4 Å². The predicted octanol–water partition coefficient (Wildman–Crippen LogP) is 4.61. The van der Waals surface area contributed by atoms with Crippen LogP contribution in [0.5, 0.6) is 0 Å². The third-order valence-electron chi connectivity index (χ3n) is 6.93. The molecule has 3 heterocycles. The van der Waals surface area contributed by atoms with Crippen LogP contribution in [0.3, 0.4) is 0 Å². The lowest BCUT2D eigenvalue weighted by Crippen LogP contribution is -2.47. The Balaban J connectivity index is 1.42. The van der Waals surface area contributed by atoms with E-state index in [2.05, 4.69) is 43.9 Å². The van der Waals surface area contributed by atoms with E-state index in [1.54, 1.807) is 22.6 Å². The molecule has 1 saturated heterocycles. The SMILES string of the molecule is CC12Cc3cnn(-c4ccccn4)c3C=C1CCN(S(=O)(=O)c1ccc(C(C)(C)C)cc1)C2. The summed E-state index contributed by atoms with van der Waals surface area (Å²) in [6, 6.07) is 13.2. The number of fused-ring (bicyclic) bond motifs is 2. The van der Waals surface area contributed by atoms with Gasteiger partial charge in [0.1, 0.15) is 0 Å². The van der Waals surface area contributed by atoms with Gasteiger partial charge in [0.25, 0.3) is 0 Å². The summed E-state index contributed by atoms with van der Waals surface area (Å²) in [5.74, 6) is 0.790. The first-order valence-electron chi connectivity index (χ1n) is 11.4. The average molecular weight is 463 g/mol. The molecule has 3 aromatic rings. The quantitative estimate of drug-likeness (QED) is 0.570. The molecule has 0 radical (unpaired) electrons. The summed E-state index contributed by atoms with van der Waals surface area (Å²) in [6.07, 6.45) is 7.32. The molecule has 1 aromatic carbocycles. The zero-order valence-electron chi connectivity index (χ0n) is 19.6. The molecule has 0 spiro atoms. The summed E-state index contributed by atoms with van der Waals surface area (Å²) in [5, 5.41) is 4.58. The first kappa shape index (κ1) is 22.0. The number of nitrogens with zero attached hydrogens (tertiary/aromatic N) is 4. The monoisotopic (exact) mass is 462 g/mol. The van der Waals surface area contributed by atoms with Crippen LogP contribution in [-0.2, 0) is 21.9 Å². The smallest absolute Gasteiger partial charge is 0.237 e. The van der Waals surface area contributed by atoms with E-state index in [1.165, 1.54) is 5.57 Å². The molecule has 0 amide bonds. The fourth-order valence-corrected chi connectivity index (χ4v) is 6.51. The van der Waals surface area contributed by atoms with Gasteiger partial charge in [-0.1, -0.05) is 51.5 Å². The summed E-state index contributed by atoms with van der Waals surface area (Å²) in [4.78, 5) is 4.80. The van der Waals surface area contributed by atoms with Crippen LogP contribution in [-0.4, -0.2) is 40.6 Å². The maximum Gasteiger partial charge on any atom is 0.243 e. The van der Waals surface area contributed by atoms with Crippen molar-refractivity contribution in [2.45, 2.75) is 50.8 Å². The molecule has 1 aliphatic heterocycles. The van der Waals surface area contributed by atoms with Crippen LogP contribution in [0.25, 0.3) is 11.9 Å². The molecule has 6 nitrogen and oxygen atoms in total. The zero-order valence-corrected chi connectivity index (χ0v) is 20.4. The van der Waals surface area contributed by atoms with Crippen molar-refractivity contribution in [2.75, 3.05) is 13.1 Å². The van der Waals surface area contributed by atoms with Gasteiger partial charge in [0, 0.05) is 24.7 Å². The molecule has 7 heteroatoms. The summed E-state index contributed by atoms with van der Waals surface area (Å²) < 4.78 is 30.5. The topological polar surface area (TPSA) is 68.1 Å². The van der Waals surface area contributed by atoms with Crippen LogP contribution in [0.1, 0.15) is 50.9 Å². The number of aromatic nitrogens is 3. The van der Waals surface area contributed by atoms with Gasteiger partial charge in [-0.05, 0) is 59.7 Å². The van der Waals surface area contributed by atoms with Gasteiger partial charge >= 0.3 is 0 Å². The van der Waals surface area contributed by atoms with Crippen molar-refractivity contribution in [3.63, 3.8) is 0 Å². The maximum absolute atomic E-state index is 13.5. The highest BCUT2D eigenvalue weighted by Crippen LogP contribution is 2.44. The predicted molar refractivity (Wildman–Crippen MR) is 130 cm³/mol. The van der Waals surface area contributed by atoms with Crippen molar-refractivity contribution in [2.24, 2.45) is 5.41 Å². The number of hydrogen-bond donors (Lipinski definition) is 0. The second-order valence-electron chi connectivity index (χ2n) is 10.4. The van der Waals surface area contributed by atoms with E-state index in [9.17, 15) is 8.42 Å². The van der Waals surface area contributed by atoms with Gasteiger partial charge in [-0.25, -0.2) is 18.1 Å². The largest absolute Gasteiger partial charge is 0.243 e. The molecule has 5 rings (SSSR count). The summed E-state index contributed by atoms with van der Waals surface area (Å²) in [6.45, 7) is 9.51. The molecule has 33 heavy (non-hydrogen) atoms. The number of benzene rings is 1. The number of pyridine rings is 1. The van der Waals surface area contributed by atoms with Crippen molar-refractivity contribution >= 4 is 16.1 Å². The third-order valence-corrected chi connectivity index (χ3v) is 8.79. The highest BCUT2D eigenvalue weighted by atomic mass is 32.2. The van der Waals surface area contributed by atoms with Gasteiger partial charge < -0.3 is 0 Å². The highest BCUT2D eigenvalue weighted by Gasteiger charge is 2.43. The Labute approximate surface area is 196 Å². The minimum Gasteiger partial charge on any atom is -0.237 e. The normalized spacial score (nSPS) is 21.3. The average Bonchev–Trinajstić information content (AvgIpc) is 3.18. The van der Waals surface area contributed by atoms with Crippen LogP contribution < -0.4 is 0 Å². The molecular formula is C26H30N4O2S. The summed E-state index contributed by atoms with van der Waals surface area (Å²) in [7, 11) is -3.55. The molecule has 2 aromatic heterocycles. The van der Waals surface area contributed by atoms with E-state index < -0.39 is 10.0 Å². The molecule has 2 aliphatic rings. The van der Waals surface area contributed by atoms with E-state index in [-0.39, 0.29) is 10.8 Å². The Morgan fingerprint density at radius 2 is 1.82 bits per heavy atom. The number of hydrogen-bond acceptors (Lipinski definition) is 4. The molecule has 0 saturated carbocycles. The Kier molecular flexibility index (Phi) is 5.10. The van der Waals surface area contributed by atoms with Gasteiger partial charge in [0.15, 0.2) is 5.82 Å². The first-order chi connectivity index (χ1) is 15.6. The standard InChI is InChI=1S/C26H30N4O2S/c1-25(2,3)20-8-10-22(11-9-20)33(31,32)29-14-12-21-15-23-19(16-26(21,4)18-29)17-28-30(23)24-7-5-6-13-27-24/h5-11,13,15,17H,12,14,16,18H2,1-4H3. The third kappa shape index (κ3) is 3.83.